The number of esters is 1. The fraction of sp³-hybridized carbons (Fsp3) is 0.308. The van der Waals surface area contributed by atoms with Gasteiger partial charge in [0.1, 0.15) is 0 Å². The highest BCUT2D eigenvalue weighted by Gasteiger charge is 1.94. The molecule has 0 saturated heterocycles. The van der Waals surface area contributed by atoms with Crippen LogP contribution >= 0.6 is 11.6 Å². The molecule has 0 aromatic heterocycles. The minimum absolute atomic E-state index is 0.348. The Morgan fingerprint density at radius 3 is 3.00 bits per heavy atom. The SMILES string of the molecule is CCOC(=O)/C=C/COCc1cccc(Cl)c1. The molecular formula is C13H15ClO3. The van der Waals surface area contributed by atoms with Crippen molar-refractivity contribution in [2.45, 2.75) is 13.5 Å². The maximum absolute atomic E-state index is 10.9. The van der Waals surface area contributed by atoms with Gasteiger partial charge < -0.3 is 9.47 Å². The van der Waals surface area contributed by atoms with Crippen LogP contribution in [0.15, 0.2) is 36.4 Å². The van der Waals surface area contributed by atoms with Crippen molar-refractivity contribution < 1.29 is 14.3 Å². The third-order valence-electron chi connectivity index (χ3n) is 1.91. The third kappa shape index (κ3) is 6.09. The molecule has 1 aromatic carbocycles. The highest BCUT2D eigenvalue weighted by Crippen LogP contribution is 2.11. The smallest absolute Gasteiger partial charge is 0.330 e. The van der Waals surface area contributed by atoms with Gasteiger partial charge in [-0.3, -0.25) is 0 Å². The van der Waals surface area contributed by atoms with Crippen molar-refractivity contribution in [1.82, 2.24) is 0 Å². The van der Waals surface area contributed by atoms with Gasteiger partial charge in [0, 0.05) is 11.1 Å². The summed E-state index contributed by atoms with van der Waals surface area (Å²) in [5.41, 5.74) is 1.00. The number of benzene rings is 1. The maximum atomic E-state index is 10.9. The highest BCUT2D eigenvalue weighted by atomic mass is 35.5. The Balaban J connectivity index is 2.22. The molecule has 0 atom stereocenters. The van der Waals surface area contributed by atoms with Gasteiger partial charge in [0.2, 0.25) is 0 Å². The molecule has 0 aliphatic heterocycles. The van der Waals surface area contributed by atoms with Crippen LogP contribution < -0.4 is 0 Å². The Morgan fingerprint density at radius 2 is 2.29 bits per heavy atom. The monoisotopic (exact) mass is 254 g/mol. The molecular weight excluding hydrogens is 240 g/mol. The summed E-state index contributed by atoms with van der Waals surface area (Å²) in [5.74, 6) is -0.348. The van der Waals surface area contributed by atoms with E-state index in [1.165, 1.54) is 6.08 Å². The lowest BCUT2D eigenvalue weighted by Gasteiger charge is -2.01. The molecule has 0 bridgehead atoms. The van der Waals surface area contributed by atoms with E-state index in [-0.39, 0.29) is 5.97 Å². The van der Waals surface area contributed by atoms with Crippen LogP contribution in [0.1, 0.15) is 12.5 Å². The molecule has 1 rings (SSSR count). The second kappa shape index (κ2) is 7.87. The second-order valence-electron chi connectivity index (χ2n) is 3.30. The number of hydrogen-bond donors (Lipinski definition) is 0. The van der Waals surface area contributed by atoms with Gasteiger partial charge in [-0.25, -0.2) is 4.79 Å². The van der Waals surface area contributed by atoms with E-state index in [2.05, 4.69) is 0 Å². The Hall–Kier alpha value is -1.32. The minimum atomic E-state index is -0.348. The lowest BCUT2D eigenvalue weighted by molar-refractivity contribution is -0.137. The molecule has 0 N–H and O–H groups in total. The van der Waals surface area contributed by atoms with Gasteiger partial charge in [-0.15, -0.1) is 0 Å². The summed E-state index contributed by atoms with van der Waals surface area (Å²) in [6, 6.07) is 7.46. The largest absolute Gasteiger partial charge is 0.463 e. The summed E-state index contributed by atoms with van der Waals surface area (Å²) in [7, 11) is 0. The van der Waals surface area contributed by atoms with E-state index in [1.54, 1.807) is 13.0 Å². The molecule has 0 heterocycles. The summed E-state index contributed by atoms with van der Waals surface area (Å²) in [6.45, 7) is 2.98. The van der Waals surface area contributed by atoms with E-state index in [9.17, 15) is 4.79 Å². The number of halogens is 1. The normalized spacial score (nSPS) is 10.7. The van der Waals surface area contributed by atoms with Gasteiger partial charge in [-0.2, -0.15) is 0 Å². The van der Waals surface area contributed by atoms with Crippen molar-refractivity contribution >= 4 is 17.6 Å². The van der Waals surface area contributed by atoms with E-state index < -0.39 is 0 Å². The zero-order valence-corrected chi connectivity index (χ0v) is 10.4. The van der Waals surface area contributed by atoms with E-state index in [0.29, 0.717) is 24.8 Å². The molecule has 0 aliphatic rings. The van der Waals surface area contributed by atoms with Crippen LogP contribution in [0.25, 0.3) is 0 Å². The fourth-order valence-electron chi connectivity index (χ4n) is 1.21. The summed E-state index contributed by atoms with van der Waals surface area (Å²) in [6.07, 6.45) is 2.99. The third-order valence-corrected chi connectivity index (χ3v) is 2.15. The van der Waals surface area contributed by atoms with Crippen LogP contribution in [0.4, 0.5) is 0 Å². The van der Waals surface area contributed by atoms with Gasteiger partial charge in [0.15, 0.2) is 0 Å². The Kier molecular flexibility index (Phi) is 6.37. The summed E-state index contributed by atoms with van der Waals surface area (Å²) in [4.78, 5) is 10.9. The first-order chi connectivity index (χ1) is 8.22. The molecule has 0 saturated carbocycles. The average Bonchev–Trinajstić information content (AvgIpc) is 2.29. The zero-order chi connectivity index (χ0) is 12.5. The molecule has 0 unspecified atom stereocenters. The van der Waals surface area contributed by atoms with Crippen LogP contribution in [0.3, 0.4) is 0 Å². The van der Waals surface area contributed by atoms with Crippen LogP contribution in [0.2, 0.25) is 5.02 Å². The predicted molar refractivity (Wildman–Crippen MR) is 66.9 cm³/mol. The fourth-order valence-corrected chi connectivity index (χ4v) is 1.42. The van der Waals surface area contributed by atoms with Gasteiger partial charge in [-0.05, 0) is 24.6 Å². The molecule has 0 spiro atoms. The molecule has 0 fully saturated rings. The van der Waals surface area contributed by atoms with Gasteiger partial charge in [0.05, 0.1) is 19.8 Å². The Morgan fingerprint density at radius 1 is 1.47 bits per heavy atom. The number of carbonyl (C=O) groups is 1. The van der Waals surface area contributed by atoms with E-state index in [1.807, 2.05) is 24.3 Å². The maximum Gasteiger partial charge on any atom is 0.330 e. The first-order valence-corrected chi connectivity index (χ1v) is 5.75. The highest BCUT2D eigenvalue weighted by molar-refractivity contribution is 6.30. The summed E-state index contributed by atoms with van der Waals surface area (Å²) >= 11 is 5.83. The molecule has 3 nitrogen and oxygen atoms in total. The van der Waals surface area contributed by atoms with E-state index in [4.69, 9.17) is 21.1 Å². The quantitative estimate of drug-likeness (QED) is 0.445. The Bertz CT molecular complexity index is 388. The van der Waals surface area contributed by atoms with Crippen LogP contribution in [-0.4, -0.2) is 19.2 Å². The average molecular weight is 255 g/mol. The number of rotatable bonds is 6. The lowest BCUT2D eigenvalue weighted by Crippen LogP contribution is -2.00. The van der Waals surface area contributed by atoms with Crippen molar-refractivity contribution in [1.29, 1.82) is 0 Å². The lowest BCUT2D eigenvalue weighted by atomic mass is 10.2. The van der Waals surface area contributed by atoms with Gasteiger partial charge in [-0.1, -0.05) is 29.8 Å². The van der Waals surface area contributed by atoms with Gasteiger partial charge >= 0.3 is 5.97 Å². The predicted octanol–water partition coefficient (Wildman–Crippen LogP) is 2.98. The minimum Gasteiger partial charge on any atom is -0.463 e. The number of hydrogen-bond acceptors (Lipinski definition) is 3. The van der Waals surface area contributed by atoms with Crippen molar-refractivity contribution in [3.8, 4) is 0 Å². The number of carbonyl (C=O) groups excluding carboxylic acids is 1. The molecule has 1 aromatic rings. The molecule has 0 radical (unpaired) electrons. The van der Waals surface area contributed by atoms with E-state index >= 15 is 0 Å². The first kappa shape index (κ1) is 13.7. The second-order valence-corrected chi connectivity index (χ2v) is 3.74. The molecule has 0 amide bonds. The Labute approximate surface area is 106 Å². The summed E-state index contributed by atoms with van der Waals surface area (Å²) in [5, 5.41) is 0.688. The zero-order valence-electron chi connectivity index (χ0n) is 9.69. The summed E-state index contributed by atoms with van der Waals surface area (Å²) < 4.78 is 10.1. The molecule has 17 heavy (non-hydrogen) atoms. The van der Waals surface area contributed by atoms with Crippen LogP contribution in [0.5, 0.6) is 0 Å². The first-order valence-electron chi connectivity index (χ1n) is 5.38. The van der Waals surface area contributed by atoms with Gasteiger partial charge in [0.25, 0.3) is 0 Å². The van der Waals surface area contributed by atoms with Crippen LogP contribution in [-0.2, 0) is 20.9 Å². The van der Waals surface area contributed by atoms with Crippen molar-refractivity contribution in [3.63, 3.8) is 0 Å². The standard InChI is InChI=1S/C13H15ClO3/c1-2-17-13(15)7-4-8-16-10-11-5-3-6-12(14)9-11/h3-7,9H,2,8,10H2,1H3/b7-4+. The molecule has 4 heteroatoms. The molecule has 0 aliphatic carbocycles. The molecule has 92 valence electrons. The van der Waals surface area contributed by atoms with E-state index in [0.717, 1.165) is 5.56 Å². The van der Waals surface area contributed by atoms with Crippen LogP contribution in [0, 0.1) is 0 Å². The number of ether oxygens (including phenoxy) is 2. The topological polar surface area (TPSA) is 35.5 Å². The van der Waals surface area contributed by atoms with Crippen molar-refractivity contribution in [3.05, 3.63) is 47.0 Å². The van der Waals surface area contributed by atoms with Crippen molar-refractivity contribution in [2.24, 2.45) is 0 Å². The van der Waals surface area contributed by atoms with Crippen molar-refractivity contribution in [2.75, 3.05) is 13.2 Å².